The largest absolute Gasteiger partial charge is 0.326 e. The second-order valence-electron chi connectivity index (χ2n) is 3.19. The van der Waals surface area contributed by atoms with Gasteiger partial charge >= 0.3 is 0 Å². The number of aryl methyl sites for hydroxylation is 1. The first kappa shape index (κ1) is 8.85. The van der Waals surface area contributed by atoms with E-state index in [1.165, 1.54) is 21.6 Å². The van der Waals surface area contributed by atoms with E-state index < -0.39 is 0 Å². The second kappa shape index (κ2) is 3.56. The average molecular weight is 191 g/mol. The van der Waals surface area contributed by atoms with E-state index in [-0.39, 0.29) is 0 Å². The first-order valence-electron chi connectivity index (χ1n) is 4.45. The molecule has 0 fully saturated rings. The fourth-order valence-electron chi connectivity index (χ4n) is 1.69. The van der Waals surface area contributed by atoms with Gasteiger partial charge in [0.1, 0.15) is 0 Å². The van der Waals surface area contributed by atoms with E-state index in [0.29, 0.717) is 6.54 Å². The van der Waals surface area contributed by atoms with Gasteiger partial charge in [0.25, 0.3) is 0 Å². The fraction of sp³-hybridized carbons (Fsp3) is 0.273. The van der Waals surface area contributed by atoms with Crippen molar-refractivity contribution in [1.29, 1.82) is 0 Å². The predicted octanol–water partition coefficient (Wildman–Crippen LogP) is 2.44. The van der Waals surface area contributed by atoms with Crippen LogP contribution in [0.3, 0.4) is 0 Å². The van der Waals surface area contributed by atoms with Crippen molar-refractivity contribution < 1.29 is 0 Å². The highest BCUT2D eigenvalue weighted by molar-refractivity contribution is 7.99. The minimum atomic E-state index is 0.651. The van der Waals surface area contributed by atoms with Crippen LogP contribution in [0.4, 0.5) is 0 Å². The molecule has 0 amide bonds. The molecule has 13 heavy (non-hydrogen) atoms. The molecule has 1 heterocycles. The van der Waals surface area contributed by atoms with Crippen LogP contribution in [0.25, 0.3) is 5.57 Å². The van der Waals surface area contributed by atoms with Crippen LogP contribution in [0, 0.1) is 6.92 Å². The highest BCUT2D eigenvalue weighted by atomic mass is 32.2. The van der Waals surface area contributed by atoms with Crippen LogP contribution in [-0.2, 0) is 0 Å². The maximum atomic E-state index is 5.71. The molecule has 1 aromatic rings. The van der Waals surface area contributed by atoms with Crippen LogP contribution in [0.5, 0.6) is 0 Å². The summed E-state index contributed by atoms with van der Waals surface area (Å²) in [5.41, 5.74) is 9.70. The molecule has 0 bridgehead atoms. The Hall–Kier alpha value is -0.730. The maximum absolute atomic E-state index is 5.71. The average Bonchev–Trinajstić information content (AvgIpc) is 2.17. The third kappa shape index (κ3) is 1.52. The highest BCUT2D eigenvalue weighted by Gasteiger charge is 2.13. The standard InChI is InChI=1S/C11H13NS/c1-8-3-2-4-10-11(8)9(7-12)5-6-13-10/h2-5H,6-7,12H2,1H3. The Bertz CT molecular complexity index is 355. The summed E-state index contributed by atoms with van der Waals surface area (Å²) < 4.78 is 0. The number of benzene rings is 1. The molecule has 2 rings (SSSR count). The van der Waals surface area contributed by atoms with Gasteiger partial charge in [0.2, 0.25) is 0 Å². The number of nitrogens with two attached hydrogens (primary N) is 1. The summed E-state index contributed by atoms with van der Waals surface area (Å²) in [6.07, 6.45) is 2.24. The number of thioether (sulfide) groups is 1. The molecule has 1 aromatic carbocycles. The first-order chi connectivity index (χ1) is 6.33. The predicted molar refractivity (Wildman–Crippen MR) is 58.9 cm³/mol. The summed E-state index contributed by atoms with van der Waals surface area (Å²) >= 11 is 1.89. The Morgan fingerprint density at radius 1 is 1.46 bits per heavy atom. The number of hydrogen-bond donors (Lipinski definition) is 1. The third-order valence-corrected chi connectivity index (χ3v) is 3.33. The van der Waals surface area contributed by atoms with Gasteiger partial charge in [-0.3, -0.25) is 0 Å². The normalized spacial score (nSPS) is 15.1. The Labute approximate surface area is 83.0 Å². The lowest BCUT2D eigenvalue weighted by Gasteiger charge is -2.18. The van der Waals surface area contributed by atoms with Gasteiger partial charge < -0.3 is 5.73 Å². The monoisotopic (exact) mass is 191 g/mol. The lowest BCUT2D eigenvalue weighted by molar-refractivity contribution is 1.20. The molecule has 68 valence electrons. The molecule has 1 nitrogen and oxygen atoms in total. The molecule has 0 saturated carbocycles. The van der Waals surface area contributed by atoms with E-state index >= 15 is 0 Å². The Kier molecular flexibility index (Phi) is 2.42. The van der Waals surface area contributed by atoms with Crippen LogP contribution < -0.4 is 5.73 Å². The van der Waals surface area contributed by atoms with Gasteiger partial charge in [-0.15, -0.1) is 11.8 Å². The van der Waals surface area contributed by atoms with Crippen molar-refractivity contribution in [3.8, 4) is 0 Å². The van der Waals surface area contributed by atoms with Crippen molar-refractivity contribution in [3.63, 3.8) is 0 Å². The first-order valence-corrected chi connectivity index (χ1v) is 5.43. The molecule has 1 aliphatic rings. The SMILES string of the molecule is Cc1cccc2c1C(CN)=CCS2. The fourth-order valence-corrected chi connectivity index (χ4v) is 2.77. The maximum Gasteiger partial charge on any atom is 0.0181 e. The molecule has 0 spiro atoms. The van der Waals surface area contributed by atoms with Gasteiger partial charge in [-0.05, 0) is 29.7 Å². The summed E-state index contributed by atoms with van der Waals surface area (Å²) in [6.45, 7) is 2.80. The van der Waals surface area contributed by atoms with Crippen LogP contribution in [-0.4, -0.2) is 12.3 Å². The molecule has 0 atom stereocenters. The summed E-state index contributed by atoms with van der Waals surface area (Å²) in [7, 11) is 0. The van der Waals surface area contributed by atoms with Crippen molar-refractivity contribution in [2.45, 2.75) is 11.8 Å². The molecule has 0 saturated heterocycles. The van der Waals surface area contributed by atoms with Crippen LogP contribution in [0.1, 0.15) is 11.1 Å². The summed E-state index contributed by atoms with van der Waals surface area (Å²) in [4.78, 5) is 1.38. The topological polar surface area (TPSA) is 26.0 Å². The number of fused-ring (bicyclic) bond motifs is 1. The summed E-state index contributed by atoms with van der Waals surface area (Å²) in [5.74, 6) is 1.06. The number of hydrogen-bond acceptors (Lipinski definition) is 2. The van der Waals surface area contributed by atoms with Gasteiger partial charge in [0.05, 0.1) is 0 Å². The van der Waals surface area contributed by atoms with Crippen molar-refractivity contribution in [2.75, 3.05) is 12.3 Å². The van der Waals surface area contributed by atoms with E-state index in [1.807, 2.05) is 11.8 Å². The minimum absolute atomic E-state index is 0.651. The Morgan fingerprint density at radius 3 is 3.08 bits per heavy atom. The quantitative estimate of drug-likeness (QED) is 0.738. The smallest absolute Gasteiger partial charge is 0.0181 e. The van der Waals surface area contributed by atoms with E-state index in [0.717, 1.165) is 5.75 Å². The van der Waals surface area contributed by atoms with E-state index in [2.05, 4.69) is 31.2 Å². The van der Waals surface area contributed by atoms with Crippen LogP contribution in [0.2, 0.25) is 0 Å². The second-order valence-corrected chi connectivity index (χ2v) is 4.25. The van der Waals surface area contributed by atoms with Gasteiger partial charge in [0, 0.05) is 17.2 Å². The molecule has 0 unspecified atom stereocenters. The molecule has 1 aliphatic heterocycles. The zero-order valence-corrected chi connectivity index (χ0v) is 8.53. The molecule has 0 aromatic heterocycles. The summed E-state index contributed by atoms with van der Waals surface area (Å²) in [5, 5.41) is 0. The Balaban J connectivity index is 2.57. The van der Waals surface area contributed by atoms with Gasteiger partial charge in [-0.1, -0.05) is 18.2 Å². The van der Waals surface area contributed by atoms with Crippen molar-refractivity contribution in [3.05, 3.63) is 35.4 Å². The van der Waals surface area contributed by atoms with Crippen LogP contribution >= 0.6 is 11.8 Å². The number of rotatable bonds is 1. The molecule has 0 radical (unpaired) electrons. The lowest BCUT2D eigenvalue weighted by Crippen LogP contribution is -2.07. The van der Waals surface area contributed by atoms with E-state index in [9.17, 15) is 0 Å². The van der Waals surface area contributed by atoms with E-state index in [4.69, 9.17) is 5.73 Å². The van der Waals surface area contributed by atoms with Crippen molar-refractivity contribution in [1.82, 2.24) is 0 Å². The van der Waals surface area contributed by atoms with Crippen molar-refractivity contribution in [2.24, 2.45) is 5.73 Å². The minimum Gasteiger partial charge on any atom is -0.326 e. The Morgan fingerprint density at radius 2 is 2.31 bits per heavy atom. The summed E-state index contributed by atoms with van der Waals surface area (Å²) in [6, 6.07) is 6.44. The zero-order chi connectivity index (χ0) is 9.26. The molecule has 0 aliphatic carbocycles. The highest BCUT2D eigenvalue weighted by Crippen LogP contribution is 2.34. The third-order valence-electron chi connectivity index (χ3n) is 2.34. The van der Waals surface area contributed by atoms with Gasteiger partial charge in [0.15, 0.2) is 0 Å². The molecule has 2 heteroatoms. The zero-order valence-electron chi connectivity index (χ0n) is 7.71. The van der Waals surface area contributed by atoms with Gasteiger partial charge in [-0.2, -0.15) is 0 Å². The van der Waals surface area contributed by atoms with Gasteiger partial charge in [-0.25, -0.2) is 0 Å². The molecular formula is C11H13NS. The van der Waals surface area contributed by atoms with E-state index in [1.54, 1.807) is 0 Å². The van der Waals surface area contributed by atoms with Crippen molar-refractivity contribution >= 4 is 17.3 Å². The van der Waals surface area contributed by atoms with Crippen LogP contribution in [0.15, 0.2) is 29.2 Å². The molecule has 2 N–H and O–H groups in total. The lowest BCUT2D eigenvalue weighted by atomic mass is 10.0. The molecular weight excluding hydrogens is 178 g/mol.